The lowest BCUT2D eigenvalue weighted by molar-refractivity contribution is -0.392. The van der Waals surface area contributed by atoms with Crippen LogP contribution in [0.3, 0.4) is 0 Å². The number of phosphoric ester groups is 3. The van der Waals surface area contributed by atoms with Crippen molar-refractivity contribution >= 4 is 29.4 Å². The first kappa shape index (κ1) is 65.6. The highest BCUT2D eigenvalue weighted by atomic mass is 31.2. The quantitative estimate of drug-likeness (QED) is 0.0423. The van der Waals surface area contributed by atoms with Gasteiger partial charge in [0.15, 0.2) is 25.2 Å². The van der Waals surface area contributed by atoms with Gasteiger partial charge in [0.05, 0.1) is 45.2 Å². The second-order valence-electron chi connectivity index (χ2n) is 17.7. The molecule has 0 aromatic carbocycles. The van der Waals surface area contributed by atoms with E-state index in [2.05, 4.69) is 4.52 Å². The largest absolute Gasteiger partial charge is 0.477 e. The highest BCUT2D eigenvalue weighted by Gasteiger charge is 2.62. The Morgan fingerprint density at radius 1 is 0.539 bits per heavy atom. The molecule has 5 aliphatic heterocycles. The van der Waals surface area contributed by atoms with Gasteiger partial charge in [-0.25, -0.2) is 18.5 Å². The SMILES string of the molecule is N[C@H]1[C@@H](O[C@@H]2[C@H](O)[C@@H](O[C@H]3[C@H](OP(=O)(O)O)[C@@H]([C@H](CO)OP(=O)(O)O)O[C@H](O[C@H]4[C@@H]([C@H](O)CO)O[C@@](O)(C(=O)O)C[C@H]4O)[C@H]3OP(=O)(O)O)O[C@H]([C@@H](O)CO)[C@H]2O)O[C@H](CO)[C@H](O[C@H]2O[C@H](CO)[C@@H](O)[C@H](O)[C@H]2O)[C@@H]1O. The van der Waals surface area contributed by atoms with E-state index in [9.17, 15) is 130 Å². The zero-order chi connectivity index (χ0) is 57.3. The second kappa shape index (κ2) is 26.4. The first-order chi connectivity index (χ1) is 35.1. The van der Waals surface area contributed by atoms with Crippen LogP contribution in [0, 0.1) is 0 Å². The monoisotopic (exact) mass is 1190 g/mol. The number of ether oxygens (including phenoxy) is 9. The van der Waals surface area contributed by atoms with E-state index in [1.165, 1.54) is 0 Å². The molecule has 0 aliphatic carbocycles. The van der Waals surface area contributed by atoms with E-state index in [0.717, 1.165) is 0 Å². The predicted octanol–water partition coefficient (Wildman–Crippen LogP) is -13.0. The molecule has 446 valence electrons. The Balaban J connectivity index is 1.59. The highest BCUT2D eigenvalue weighted by Crippen LogP contribution is 2.50. The molecule has 5 saturated heterocycles. The molecule has 0 bridgehead atoms. The van der Waals surface area contributed by atoms with Crippen LogP contribution in [0.25, 0.3) is 0 Å². The molecule has 0 unspecified atom stereocenters. The molecule has 5 heterocycles. The number of hydrogen-bond donors (Lipinski definition) is 23. The smallest absolute Gasteiger partial charge is 0.470 e. The summed E-state index contributed by atoms with van der Waals surface area (Å²) in [7, 11) is -18.3. The zero-order valence-electron chi connectivity index (χ0n) is 38.5. The van der Waals surface area contributed by atoms with Gasteiger partial charge in [-0.05, 0) is 0 Å². The summed E-state index contributed by atoms with van der Waals surface area (Å²) in [6, 6.07) is -1.96. The van der Waals surface area contributed by atoms with Crippen LogP contribution in [-0.4, -0.2) is 315 Å². The minimum atomic E-state index is -6.19. The van der Waals surface area contributed by atoms with Gasteiger partial charge in [0, 0.05) is 6.42 Å². The number of rotatable bonds is 23. The molecular weight excluding hydrogens is 1120 g/mol. The van der Waals surface area contributed by atoms with Gasteiger partial charge in [-0.2, -0.15) is 0 Å². The van der Waals surface area contributed by atoms with Crippen molar-refractivity contribution in [2.75, 3.05) is 33.0 Å². The van der Waals surface area contributed by atoms with Crippen LogP contribution in [-0.2, 0) is 74.7 Å². The average molecular weight is 1190 g/mol. The molecule has 0 spiro atoms. The number of phosphoric acid groups is 3. The van der Waals surface area contributed by atoms with Crippen LogP contribution in [0.5, 0.6) is 0 Å². The Hall–Kier alpha value is -1.20. The Kier molecular flexibility index (Phi) is 22.8. The molecule has 0 aromatic rings. The van der Waals surface area contributed by atoms with Crippen molar-refractivity contribution in [3.05, 3.63) is 0 Å². The Morgan fingerprint density at radius 3 is 1.57 bits per heavy atom. The molecular formula is C34H62NO38P3. The van der Waals surface area contributed by atoms with Gasteiger partial charge in [-0.3, -0.25) is 13.6 Å². The number of carboxylic acid groups (broad SMARTS) is 1. The fourth-order valence-electron chi connectivity index (χ4n) is 8.72. The van der Waals surface area contributed by atoms with E-state index in [1.807, 2.05) is 0 Å². The van der Waals surface area contributed by atoms with E-state index in [0.29, 0.717) is 0 Å². The van der Waals surface area contributed by atoms with Gasteiger partial charge >= 0.3 is 29.4 Å². The maximum atomic E-state index is 12.7. The van der Waals surface area contributed by atoms with Crippen LogP contribution >= 0.6 is 23.5 Å². The molecule has 76 heavy (non-hydrogen) atoms. The van der Waals surface area contributed by atoms with E-state index < -0.39 is 234 Å². The van der Waals surface area contributed by atoms with Crippen molar-refractivity contribution < 1.29 is 186 Å². The van der Waals surface area contributed by atoms with E-state index in [4.69, 9.17) is 57.4 Å². The fraction of sp³-hybridized carbons (Fsp3) is 0.971. The minimum Gasteiger partial charge on any atom is -0.477 e. The summed E-state index contributed by atoms with van der Waals surface area (Å²) in [4.78, 5) is 72.0. The van der Waals surface area contributed by atoms with Gasteiger partial charge in [0.1, 0.15) is 122 Å². The number of aliphatic hydroxyl groups excluding tert-OH is 14. The van der Waals surface area contributed by atoms with Crippen LogP contribution in [0.15, 0.2) is 0 Å². The topological polar surface area (TPSA) is 650 Å². The third-order valence-electron chi connectivity index (χ3n) is 12.3. The third kappa shape index (κ3) is 15.5. The number of carboxylic acids is 1. The van der Waals surface area contributed by atoms with E-state index in [1.54, 1.807) is 0 Å². The molecule has 27 atom stereocenters. The summed E-state index contributed by atoms with van der Waals surface area (Å²) in [5, 5.41) is 168. The summed E-state index contributed by atoms with van der Waals surface area (Å²) in [5.41, 5.74) is 6.20. The van der Waals surface area contributed by atoms with Crippen molar-refractivity contribution in [1.82, 2.24) is 0 Å². The Labute approximate surface area is 425 Å². The summed E-state index contributed by atoms with van der Waals surface area (Å²) in [5.74, 6) is -5.58. The van der Waals surface area contributed by atoms with Crippen LogP contribution < -0.4 is 5.73 Å². The maximum absolute atomic E-state index is 12.7. The third-order valence-corrected chi connectivity index (χ3v) is 13.9. The number of carbonyl (C=O) groups is 1. The molecule has 42 heteroatoms. The predicted molar refractivity (Wildman–Crippen MR) is 224 cm³/mol. The highest BCUT2D eigenvalue weighted by molar-refractivity contribution is 7.46. The van der Waals surface area contributed by atoms with Gasteiger partial charge < -0.3 is 159 Å². The summed E-state index contributed by atoms with van der Waals surface area (Å²) in [6.07, 6.45) is -60.7. The molecule has 0 amide bonds. The summed E-state index contributed by atoms with van der Waals surface area (Å²) in [6.45, 7) is -6.48. The molecule has 5 fully saturated rings. The summed E-state index contributed by atoms with van der Waals surface area (Å²) >= 11 is 0. The number of aliphatic hydroxyl groups is 15. The standard InChI is InChI=1S/C34H62NO38P3/c35-13-15(45)23(66-30-17(47)16(46)14(44)10(4-38)62-30)11(5-39)63-29(13)68-25-18(48)20(8(42)2-36)64-31(19(25)49)69-26-27(72-75(56,57)58)24(12(6-40)71-74(53,54)55)67-32(28(26)73-76(59,60)61)65-21-7(41)1-34(52,33(50)51)70-22(21)9(43)3-37/h7-32,36-49,52H,1-6,35H2,(H,50,51)(H2,53,54,55)(H2,56,57,58)(H2,59,60,61)/t7-,8+,9-,10-,11-,12+,13-,14-,15-,16+,17-,18-,19+,20-,21-,22-,23+,24-,25+,26+,27-,28+,29-,30-,31-,32+,34-/m1/s1. The number of aliphatic carboxylic acids is 1. The number of hydrogen-bond acceptors (Lipinski definition) is 32. The van der Waals surface area contributed by atoms with Gasteiger partial charge in [0.25, 0.3) is 5.79 Å². The molecule has 0 aromatic heterocycles. The molecule has 5 aliphatic rings. The molecule has 0 saturated carbocycles. The lowest BCUT2D eigenvalue weighted by atomic mass is 9.91. The van der Waals surface area contributed by atoms with Crippen molar-refractivity contribution in [2.24, 2.45) is 5.73 Å². The molecule has 39 nitrogen and oxygen atoms in total. The van der Waals surface area contributed by atoms with Gasteiger partial charge in [-0.15, -0.1) is 0 Å². The van der Waals surface area contributed by atoms with Gasteiger partial charge in [-0.1, -0.05) is 0 Å². The Morgan fingerprint density at radius 2 is 1.04 bits per heavy atom. The van der Waals surface area contributed by atoms with Crippen molar-refractivity contribution in [3.63, 3.8) is 0 Å². The molecule has 5 rings (SSSR count). The Bertz CT molecular complexity index is 2020. The van der Waals surface area contributed by atoms with E-state index >= 15 is 0 Å². The van der Waals surface area contributed by atoms with Crippen molar-refractivity contribution in [2.45, 2.75) is 172 Å². The van der Waals surface area contributed by atoms with Gasteiger partial charge in [0.2, 0.25) is 0 Å². The second-order valence-corrected chi connectivity index (χ2v) is 21.3. The average Bonchev–Trinajstić information content (AvgIpc) is 3.32. The normalized spacial score (nSPS) is 44.3. The van der Waals surface area contributed by atoms with E-state index in [-0.39, 0.29) is 0 Å². The number of nitrogens with two attached hydrogens (primary N) is 1. The van der Waals surface area contributed by atoms with Crippen molar-refractivity contribution in [3.8, 4) is 0 Å². The fourth-order valence-corrected chi connectivity index (χ4v) is 10.4. The van der Waals surface area contributed by atoms with Crippen LogP contribution in [0.4, 0.5) is 0 Å². The molecule has 24 N–H and O–H groups in total. The lowest BCUT2D eigenvalue weighted by Gasteiger charge is -2.52. The van der Waals surface area contributed by atoms with Crippen LogP contribution in [0.1, 0.15) is 6.42 Å². The first-order valence-corrected chi connectivity index (χ1v) is 26.7. The van der Waals surface area contributed by atoms with Crippen molar-refractivity contribution in [1.29, 1.82) is 0 Å². The van der Waals surface area contributed by atoms with Crippen LogP contribution in [0.2, 0.25) is 0 Å². The lowest BCUT2D eigenvalue weighted by Crippen LogP contribution is -2.70. The zero-order valence-corrected chi connectivity index (χ0v) is 41.2. The molecule has 0 radical (unpaired) electrons. The minimum absolute atomic E-state index is 0.925. The maximum Gasteiger partial charge on any atom is 0.470 e. The summed E-state index contributed by atoms with van der Waals surface area (Å²) < 4.78 is 101. The first-order valence-electron chi connectivity index (χ1n) is 22.2.